The van der Waals surface area contributed by atoms with Crippen molar-refractivity contribution in [1.29, 1.82) is 0 Å². The molecule has 0 saturated carbocycles. The Morgan fingerprint density at radius 1 is 0.423 bits per heavy atom. The second kappa shape index (κ2) is 7.60. The minimum Gasteiger partial charge on any atom is -0.396 e. The van der Waals surface area contributed by atoms with Crippen molar-refractivity contribution in [3.05, 3.63) is 0 Å². The molecule has 2 nitrogen and oxygen atoms in total. The van der Waals surface area contributed by atoms with Crippen LogP contribution in [0.2, 0.25) is 0 Å². The average molecular weight is 418 g/mol. The molecule has 0 radical (unpaired) electrons. The number of aliphatic hydroxyl groups is 2. The van der Waals surface area contributed by atoms with Crippen LogP contribution >= 0.6 is 0 Å². The van der Waals surface area contributed by atoms with E-state index in [4.69, 9.17) is 10.2 Å². The first-order valence-corrected chi connectivity index (χ1v) is 6.86. The Balaban J connectivity index is 6.06. The van der Waals surface area contributed by atoms with Crippen molar-refractivity contribution in [2.45, 2.75) is 61.2 Å². The van der Waals surface area contributed by atoms with Gasteiger partial charge in [-0.25, -0.2) is 0 Å². The fraction of sp³-hybridized carbons (Fsp3) is 1.00. The van der Waals surface area contributed by atoms with Gasteiger partial charge in [0.1, 0.15) is 0 Å². The third-order valence-corrected chi connectivity index (χ3v) is 3.40. The largest absolute Gasteiger partial charge is 0.396 e. The van der Waals surface area contributed by atoms with E-state index >= 15 is 0 Å². The molecule has 0 amide bonds. The van der Waals surface area contributed by atoms with Gasteiger partial charge in [-0.3, -0.25) is 0 Å². The van der Waals surface area contributed by atoms with Crippen molar-refractivity contribution in [1.82, 2.24) is 0 Å². The Labute approximate surface area is 138 Å². The summed E-state index contributed by atoms with van der Waals surface area (Å²) in [5, 5.41) is 16.4. The van der Waals surface area contributed by atoms with Gasteiger partial charge in [0.05, 0.1) is 0 Å². The van der Waals surface area contributed by atoms with E-state index in [-0.39, 0.29) is 0 Å². The van der Waals surface area contributed by atoms with Crippen molar-refractivity contribution in [2.75, 3.05) is 13.2 Å². The maximum Gasteiger partial charge on any atom is 0.384 e. The lowest BCUT2D eigenvalue weighted by molar-refractivity contribution is -0.425. The van der Waals surface area contributed by atoms with Crippen LogP contribution in [0.15, 0.2) is 0 Å². The number of aliphatic hydroxyl groups excluding tert-OH is 2. The normalized spacial score (nSPS) is 15.5. The van der Waals surface area contributed by atoms with E-state index in [1.54, 1.807) is 0 Å². The molecular weight excluding hydrogens is 404 g/mol. The molecule has 0 saturated heterocycles. The number of halogens is 12. The number of rotatable bonds is 11. The third kappa shape index (κ3) is 3.85. The van der Waals surface area contributed by atoms with Gasteiger partial charge >= 0.3 is 35.5 Å². The molecule has 0 rings (SSSR count). The van der Waals surface area contributed by atoms with E-state index in [1.807, 2.05) is 0 Å². The van der Waals surface area contributed by atoms with E-state index < -0.39 is 74.4 Å². The third-order valence-electron chi connectivity index (χ3n) is 3.40. The number of hydrogen-bond donors (Lipinski definition) is 2. The first-order valence-electron chi connectivity index (χ1n) is 6.86. The van der Waals surface area contributed by atoms with Crippen LogP contribution in [0.5, 0.6) is 0 Å². The Morgan fingerprint density at radius 2 is 0.654 bits per heavy atom. The molecule has 0 heterocycles. The maximum atomic E-state index is 13.3. The van der Waals surface area contributed by atoms with Crippen LogP contribution in [0.4, 0.5) is 52.7 Å². The van der Waals surface area contributed by atoms with Crippen LogP contribution < -0.4 is 0 Å². The summed E-state index contributed by atoms with van der Waals surface area (Å²) < 4.78 is 159. The summed E-state index contributed by atoms with van der Waals surface area (Å²) in [4.78, 5) is 0. The molecule has 2 N–H and O–H groups in total. The fourth-order valence-electron chi connectivity index (χ4n) is 1.77. The quantitative estimate of drug-likeness (QED) is 0.490. The highest BCUT2D eigenvalue weighted by Gasteiger charge is 2.89. The van der Waals surface area contributed by atoms with Gasteiger partial charge in [0, 0.05) is 26.1 Å². The molecule has 26 heavy (non-hydrogen) atoms. The number of alkyl halides is 12. The molecule has 0 aliphatic rings. The summed E-state index contributed by atoms with van der Waals surface area (Å²) in [6.45, 7) is -2.49. The monoisotopic (exact) mass is 418 g/mol. The molecule has 0 bridgehead atoms. The average Bonchev–Trinajstić information content (AvgIpc) is 2.49. The van der Waals surface area contributed by atoms with E-state index in [0.717, 1.165) is 0 Å². The molecule has 0 atom stereocenters. The smallest absolute Gasteiger partial charge is 0.384 e. The van der Waals surface area contributed by atoms with Crippen molar-refractivity contribution >= 4 is 0 Å². The van der Waals surface area contributed by atoms with Crippen LogP contribution in [-0.2, 0) is 0 Å². The predicted octanol–water partition coefficient (Wildman–Crippen LogP) is 4.34. The first-order chi connectivity index (χ1) is 11.4. The van der Waals surface area contributed by atoms with Crippen LogP contribution in [-0.4, -0.2) is 59.0 Å². The molecular formula is C12H14F12O2. The molecule has 0 aliphatic heterocycles. The zero-order valence-electron chi connectivity index (χ0n) is 12.7. The van der Waals surface area contributed by atoms with Crippen LogP contribution in [0.25, 0.3) is 0 Å². The highest BCUT2D eigenvalue weighted by molar-refractivity contribution is 5.11. The van der Waals surface area contributed by atoms with Crippen LogP contribution in [0.1, 0.15) is 25.7 Å². The Bertz CT molecular complexity index is 421. The van der Waals surface area contributed by atoms with Gasteiger partial charge in [-0.2, -0.15) is 52.7 Å². The van der Waals surface area contributed by atoms with E-state index in [1.165, 1.54) is 0 Å². The lowest BCUT2D eigenvalue weighted by atomic mass is 9.89. The minimum absolute atomic E-state index is 1.25. The first kappa shape index (κ1) is 25.1. The molecule has 0 aromatic carbocycles. The van der Waals surface area contributed by atoms with E-state index in [2.05, 4.69) is 0 Å². The highest BCUT2D eigenvalue weighted by Crippen LogP contribution is 2.61. The van der Waals surface area contributed by atoms with Gasteiger partial charge in [0.2, 0.25) is 0 Å². The van der Waals surface area contributed by atoms with Gasteiger partial charge in [-0.1, -0.05) is 0 Å². The van der Waals surface area contributed by atoms with Crippen LogP contribution in [0.3, 0.4) is 0 Å². The zero-order valence-corrected chi connectivity index (χ0v) is 12.7. The second-order valence-corrected chi connectivity index (χ2v) is 5.36. The lowest BCUT2D eigenvalue weighted by Crippen LogP contribution is -2.70. The molecule has 14 heteroatoms. The molecule has 0 fully saturated rings. The van der Waals surface area contributed by atoms with Gasteiger partial charge < -0.3 is 10.2 Å². The Kier molecular flexibility index (Phi) is 7.33. The molecule has 158 valence electrons. The summed E-state index contributed by atoms with van der Waals surface area (Å²) >= 11 is 0. The highest BCUT2D eigenvalue weighted by atomic mass is 19.4. The van der Waals surface area contributed by atoms with Crippen molar-refractivity contribution in [3.63, 3.8) is 0 Å². The summed E-state index contributed by atoms with van der Waals surface area (Å²) in [5.41, 5.74) is 0. The Hall–Kier alpha value is -0.920. The summed E-state index contributed by atoms with van der Waals surface area (Å²) in [7, 11) is 0. The van der Waals surface area contributed by atoms with E-state index in [9.17, 15) is 52.7 Å². The predicted molar refractivity (Wildman–Crippen MR) is 62.3 cm³/mol. The van der Waals surface area contributed by atoms with Gasteiger partial charge in [0.15, 0.2) is 0 Å². The second-order valence-electron chi connectivity index (χ2n) is 5.36. The fourth-order valence-corrected chi connectivity index (χ4v) is 1.77. The minimum atomic E-state index is -7.58. The topological polar surface area (TPSA) is 40.5 Å². The zero-order chi connectivity index (χ0) is 21.2. The molecule has 0 spiro atoms. The van der Waals surface area contributed by atoms with Gasteiger partial charge in [-0.05, 0) is 12.8 Å². The summed E-state index contributed by atoms with van der Waals surface area (Å²) in [5.74, 6) is -41.5. The van der Waals surface area contributed by atoms with Crippen molar-refractivity contribution in [2.24, 2.45) is 0 Å². The van der Waals surface area contributed by atoms with Gasteiger partial charge in [0.25, 0.3) is 0 Å². The lowest BCUT2D eigenvalue weighted by Gasteiger charge is -2.41. The maximum absolute atomic E-state index is 13.3. The molecule has 0 aromatic rings. The van der Waals surface area contributed by atoms with Crippen LogP contribution in [0, 0.1) is 0 Å². The molecule has 0 aliphatic carbocycles. The molecule has 0 aromatic heterocycles. The SMILES string of the molecule is OCCCC(F)(F)C(F)(F)C(F)(F)C(F)(F)C(F)(F)C(F)(F)CCCO. The standard InChI is InChI=1S/C12H14F12O2/c13-7(14,3-1-5-25)9(17,18)11(21,22)12(23,24)10(19,20)8(15,16)4-2-6-26/h25-26H,1-6H2. The van der Waals surface area contributed by atoms with Crippen molar-refractivity contribution in [3.8, 4) is 0 Å². The van der Waals surface area contributed by atoms with E-state index in [0.29, 0.717) is 0 Å². The Morgan fingerprint density at radius 3 is 0.846 bits per heavy atom. The van der Waals surface area contributed by atoms with Gasteiger partial charge in [-0.15, -0.1) is 0 Å². The summed E-state index contributed by atoms with van der Waals surface area (Å²) in [6, 6.07) is 0. The molecule has 0 unspecified atom stereocenters. The summed E-state index contributed by atoms with van der Waals surface area (Å²) in [6.07, 6.45) is -7.16. The van der Waals surface area contributed by atoms with Crippen molar-refractivity contribution < 1.29 is 62.9 Å². The number of hydrogen-bond acceptors (Lipinski definition) is 2.